The number of carbonyl (C=O) groups excluding carboxylic acids is 2. The first-order valence-corrected chi connectivity index (χ1v) is 14.7. The van der Waals surface area contributed by atoms with Crippen molar-refractivity contribution < 1.29 is 27.2 Å². The molecule has 3 aromatic rings. The van der Waals surface area contributed by atoms with Crippen LogP contribution in [0.15, 0.2) is 55.0 Å². The van der Waals surface area contributed by atoms with Crippen molar-refractivity contribution in [3.05, 3.63) is 58.1 Å². The Morgan fingerprint density at radius 2 is 1.89 bits per heavy atom. The Labute approximate surface area is 221 Å². The highest BCUT2D eigenvalue weighted by Gasteiger charge is 2.26. The predicted molar refractivity (Wildman–Crippen MR) is 137 cm³/mol. The van der Waals surface area contributed by atoms with Crippen LogP contribution in [0.2, 0.25) is 0 Å². The molecule has 1 fully saturated rings. The Balaban J connectivity index is 1.35. The summed E-state index contributed by atoms with van der Waals surface area (Å²) in [4.78, 5) is 36.5. The molecule has 4 rings (SSSR count). The Kier molecular flexibility index (Phi) is 8.74. The molecule has 1 aromatic carbocycles. The van der Waals surface area contributed by atoms with Crippen molar-refractivity contribution in [3.63, 3.8) is 0 Å². The van der Waals surface area contributed by atoms with Gasteiger partial charge in [0.1, 0.15) is 12.0 Å². The van der Waals surface area contributed by atoms with Gasteiger partial charge in [-0.3, -0.25) is 9.59 Å². The maximum absolute atomic E-state index is 12.8. The third kappa shape index (κ3) is 6.83. The molecule has 3 heterocycles. The van der Waals surface area contributed by atoms with Crippen LogP contribution >= 0.6 is 23.1 Å². The van der Waals surface area contributed by atoms with Gasteiger partial charge in [0, 0.05) is 25.6 Å². The van der Waals surface area contributed by atoms with Gasteiger partial charge in [-0.1, -0.05) is 36.4 Å². The molecule has 1 amide bonds. The SMILES string of the molecule is CCC(=O)Nc1nnc(SCc2cc(=O)c(OC(=O)c3ccc(S(=O)(=O)N4CCCCC4)cc3)co2)s1. The molecular formula is C23H24N4O7S3. The molecule has 0 unspecified atom stereocenters. The van der Waals surface area contributed by atoms with E-state index in [0.717, 1.165) is 25.5 Å². The number of nitrogens with zero attached hydrogens (tertiary/aromatic N) is 3. The molecule has 0 bridgehead atoms. The third-order valence-corrected chi connectivity index (χ3v) is 9.32. The van der Waals surface area contributed by atoms with E-state index in [-0.39, 0.29) is 27.9 Å². The molecule has 0 atom stereocenters. The lowest BCUT2D eigenvalue weighted by Gasteiger charge is -2.25. The summed E-state index contributed by atoms with van der Waals surface area (Å²) in [6.07, 6.45) is 4.04. The van der Waals surface area contributed by atoms with E-state index in [9.17, 15) is 22.8 Å². The van der Waals surface area contributed by atoms with Crippen molar-refractivity contribution in [3.8, 4) is 5.75 Å². The Hall–Kier alpha value is -3.07. The molecule has 0 spiro atoms. The molecule has 0 saturated carbocycles. The van der Waals surface area contributed by atoms with E-state index in [0.29, 0.717) is 34.7 Å². The van der Waals surface area contributed by atoms with Crippen LogP contribution in [0.5, 0.6) is 5.75 Å². The van der Waals surface area contributed by atoms with Crippen LogP contribution in [0, 0.1) is 0 Å². The van der Waals surface area contributed by atoms with Gasteiger partial charge in [0.15, 0.2) is 4.34 Å². The Morgan fingerprint density at radius 3 is 2.57 bits per heavy atom. The lowest BCUT2D eigenvalue weighted by atomic mass is 10.2. The molecule has 0 radical (unpaired) electrons. The lowest BCUT2D eigenvalue weighted by Crippen LogP contribution is -2.35. The number of anilines is 1. The van der Waals surface area contributed by atoms with E-state index in [1.54, 1.807) is 6.92 Å². The molecular weight excluding hydrogens is 540 g/mol. The summed E-state index contributed by atoms with van der Waals surface area (Å²) >= 11 is 2.47. The minimum atomic E-state index is -3.62. The summed E-state index contributed by atoms with van der Waals surface area (Å²) in [7, 11) is -3.62. The Bertz CT molecular complexity index is 1430. The fourth-order valence-corrected chi connectivity index (χ4v) is 6.60. The summed E-state index contributed by atoms with van der Waals surface area (Å²) in [5.74, 6) is -0.665. The standard InChI is InChI=1S/C23H24N4O7S3/c1-2-20(29)24-22-25-26-23(36-22)35-14-16-12-18(28)19(13-33-16)34-21(30)15-6-8-17(9-7-15)37(31,32)27-10-4-3-5-11-27/h6-9,12-13H,2-5,10-11,14H2,1H3,(H,24,25,29). The van der Waals surface area contributed by atoms with Gasteiger partial charge in [-0.15, -0.1) is 10.2 Å². The maximum Gasteiger partial charge on any atom is 0.343 e. The topological polar surface area (TPSA) is 149 Å². The normalized spacial score (nSPS) is 14.3. The van der Waals surface area contributed by atoms with Gasteiger partial charge in [-0.2, -0.15) is 4.31 Å². The van der Waals surface area contributed by atoms with Gasteiger partial charge < -0.3 is 14.5 Å². The fourth-order valence-electron chi connectivity index (χ4n) is 3.42. The van der Waals surface area contributed by atoms with Crippen LogP contribution in [-0.4, -0.2) is 47.9 Å². The summed E-state index contributed by atoms with van der Waals surface area (Å²) in [6, 6.07) is 6.63. The summed E-state index contributed by atoms with van der Waals surface area (Å²) in [5.41, 5.74) is -0.452. The van der Waals surface area contributed by atoms with Crippen molar-refractivity contribution in [1.29, 1.82) is 0 Å². The number of benzene rings is 1. The van der Waals surface area contributed by atoms with E-state index in [1.807, 2.05) is 0 Å². The highest BCUT2D eigenvalue weighted by atomic mass is 32.2. The zero-order valence-corrected chi connectivity index (χ0v) is 22.3. The summed E-state index contributed by atoms with van der Waals surface area (Å²) in [5, 5.41) is 10.9. The van der Waals surface area contributed by atoms with Gasteiger partial charge in [-0.25, -0.2) is 13.2 Å². The number of carbonyl (C=O) groups is 2. The second-order valence-electron chi connectivity index (χ2n) is 8.02. The predicted octanol–water partition coefficient (Wildman–Crippen LogP) is 3.53. The van der Waals surface area contributed by atoms with Crippen LogP contribution in [0.1, 0.15) is 48.7 Å². The highest BCUT2D eigenvalue weighted by molar-refractivity contribution is 8.00. The van der Waals surface area contributed by atoms with Gasteiger partial charge in [-0.05, 0) is 37.1 Å². The van der Waals surface area contributed by atoms with Crippen molar-refractivity contribution in [1.82, 2.24) is 14.5 Å². The molecule has 1 N–H and O–H groups in total. The molecule has 1 aliphatic rings. The zero-order valence-electron chi connectivity index (χ0n) is 19.8. The van der Waals surface area contributed by atoms with E-state index in [2.05, 4.69) is 15.5 Å². The molecule has 1 aliphatic heterocycles. The van der Waals surface area contributed by atoms with Crippen molar-refractivity contribution in [2.75, 3.05) is 18.4 Å². The first kappa shape index (κ1) is 27.0. The first-order chi connectivity index (χ1) is 17.8. The molecule has 2 aromatic heterocycles. The average molecular weight is 565 g/mol. The van der Waals surface area contributed by atoms with Crippen molar-refractivity contribution in [2.45, 2.75) is 47.6 Å². The number of sulfonamides is 1. The highest BCUT2D eigenvalue weighted by Crippen LogP contribution is 2.28. The summed E-state index contributed by atoms with van der Waals surface area (Å²) in [6.45, 7) is 2.69. The van der Waals surface area contributed by atoms with E-state index in [4.69, 9.17) is 9.15 Å². The molecule has 37 heavy (non-hydrogen) atoms. The monoisotopic (exact) mass is 564 g/mol. The number of ether oxygens (including phenoxy) is 1. The largest absolute Gasteiger partial charge is 0.464 e. The van der Waals surface area contributed by atoms with Crippen molar-refractivity contribution in [2.24, 2.45) is 0 Å². The van der Waals surface area contributed by atoms with Crippen LogP contribution in [0.3, 0.4) is 0 Å². The second-order valence-corrected chi connectivity index (χ2v) is 12.2. The number of thioether (sulfide) groups is 1. The number of amides is 1. The van der Waals surface area contributed by atoms with Gasteiger partial charge >= 0.3 is 5.97 Å². The minimum absolute atomic E-state index is 0.0962. The molecule has 1 saturated heterocycles. The quantitative estimate of drug-likeness (QED) is 0.232. The number of esters is 1. The zero-order chi connectivity index (χ0) is 26.4. The number of rotatable bonds is 9. The minimum Gasteiger partial charge on any atom is -0.464 e. The molecule has 0 aliphatic carbocycles. The van der Waals surface area contributed by atoms with Crippen LogP contribution in [0.25, 0.3) is 0 Å². The number of aromatic nitrogens is 2. The second kappa shape index (κ2) is 12.0. The Morgan fingerprint density at radius 1 is 1.16 bits per heavy atom. The molecule has 196 valence electrons. The number of nitrogens with one attached hydrogen (secondary N) is 1. The number of hydrogen-bond acceptors (Lipinski definition) is 11. The van der Waals surface area contributed by atoms with E-state index >= 15 is 0 Å². The van der Waals surface area contributed by atoms with E-state index in [1.165, 1.54) is 57.7 Å². The third-order valence-electron chi connectivity index (χ3n) is 5.41. The number of hydrogen-bond donors (Lipinski definition) is 1. The fraction of sp³-hybridized carbons (Fsp3) is 0.348. The maximum atomic E-state index is 12.8. The van der Waals surface area contributed by atoms with Crippen LogP contribution < -0.4 is 15.5 Å². The number of piperidine rings is 1. The summed E-state index contributed by atoms with van der Waals surface area (Å²) < 4.78 is 38.2. The van der Waals surface area contributed by atoms with Gasteiger partial charge in [0.05, 0.1) is 16.2 Å². The molecule has 11 nitrogen and oxygen atoms in total. The van der Waals surface area contributed by atoms with Gasteiger partial charge in [0.2, 0.25) is 32.2 Å². The van der Waals surface area contributed by atoms with Crippen molar-refractivity contribution >= 4 is 50.1 Å². The first-order valence-electron chi connectivity index (χ1n) is 11.5. The molecule has 14 heteroatoms. The smallest absolute Gasteiger partial charge is 0.343 e. The van der Waals surface area contributed by atoms with E-state index < -0.39 is 21.4 Å². The van der Waals surface area contributed by atoms with Gasteiger partial charge in [0.25, 0.3) is 0 Å². The lowest BCUT2D eigenvalue weighted by molar-refractivity contribution is -0.115. The van der Waals surface area contributed by atoms with Crippen LogP contribution in [-0.2, 0) is 20.6 Å². The average Bonchev–Trinajstić information content (AvgIpc) is 3.36. The van der Waals surface area contributed by atoms with Crippen LogP contribution in [0.4, 0.5) is 5.13 Å².